The fourth-order valence-electron chi connectivity index (χ4n) is 2.92. The number of nitrogens with one attached hydrogen (secondary N) is 1. The number of amides is 1. The van der Waals surface area contributed by atoms with Crippen LogP contribution in [0.1, 0.15) is 28.5 Å². The van der Waals surface area contributed by atoms with Crippen LogP contribution in [-0.2, 0) is 13.0 Å². The zero-order chi connectivity index (χ0) is 16.5. The molecular weight excluding hydrogens is 306 g/mol. The number of rotatable bonds is 3. The highest BCUT2D eigenvalue weighted by Crippen LogP contribution is 2.21. The Labute approximate surface area is 138 Å². The van der Waals surface area contributed by atoms with Crippen LogP contribution in [0, 0.1) is 0 Å². The standard InChI is InChI=1S/C16H17N7O/c1-2-17-14-8-11-10-22(7-4-13(11)20-21-14)16(24)12-9-19-23-6-3-5-18-15(12)23/h3,5-6,8-9H,2,4,7,10H2,1H3,(H,17,21). The van der Waals surface area contributed by atoms with Gasteiger partial charge < -0.3 is 10.2 Å². The largest absolute Gasteiger partial charge is 0.369 e. The van der Waals surface area contributed by atoms with Gasteiger partial charge in [-0.2, -0.15) is 10.2 Å². The molecule has 8 heteroatoms. The van der Waals surface area contributed by atoms with E-state index in [9.17, 15) is 4.79 Å². The van der Waals surface area contributed by atoms with Crippen molar-refractivity contribution in [3.8, 4) is 0 Å². The summed E-state index contributed by atoms with van der Waals surface area (Å²) in [5, 5.41) is 15.8. The lowest BCUT2D eigenvalue weighted by Gasteiger charge is -2.27. The molecule has 0 saturated carbocycles. The third kappa shape index (κ3) is 2.45. The summed E-state index contributed by atoms with van der Waals surface area (Å²) < 4.78 is 1.61. The summed E-state index contributed by atoms with van der Waals surface area (Å²) in [5.74, 6) is 0.680. The van der Waals surface area contributed by atoms with Gasteiger partial charge in [0.05, 0.1) is 11.9 Å². The van der Waals surface area contributed by atoms with Gasteiger partial charge in [-0.05, 0) is 24.6 Å². The van der Waals surface area contributed by atoms with Gasteiger partial charge in [-0.15, -0.1) is 5.10 Å². The second-order valence-corrected chi connectivity index (χ2v) is 5.65. The average molecular weight is 323 g/mol. The fourth-order valence-corrected chi connectivity index (χ4v) is 2.92. The lowest BCUT2D eigenvalue weighted by Crippen LogP contribution is -2.36. The number of hydrogen-bond donors (Lipinski definition) is 1. The maximum atomic E-state index is 12.9. The lowest BCUT2D eigenvalue weighted by atomic mass is 10.1. The maximum Gasteiger partial charge on any atom is 0.259 e. The molecule has 0 fully saturated rings. The van der Waals surface area contributed by atoms with Gasteiger partial charge >= 0.3 is 0 Å². The van der Waals surface area contributed by atoms with E-state index in [-0.39, 0.29) is 5.91 Å². The molecule has 0 saturated heterocycles. The Hall–Kier alpha value is -3.03. The van der Waals surface area contributed by atoms with E-state index in [0.717, 1.165) is 23.6 Å². The van der Waals surface area contributed by atoms with E-state index < -0.39 is 0 Å². The van der Waals surface area contributed by atoms with Crippen molar-refractivity contribution >= 4 is 17.4 Å². The number of aromatic nitrogens is 5. The highest BCUT2D eigenvalue weighted by molar-refractivity contribution is 5.99. The molecule has 3 aromatic rings. The summed E-state index contributed by atoms with van der Waals surface area (Å²) in [5.41, 5.74) is 3.09. The monoisotopic (exact) mass is 323 g/mol. The van der Waals surface area contributed by atoms with Crippen LogP contribution in [0.5, 0.6) is 0 Å². The van der Waals surface area contributed by atoms with Crippen molar-refractivity contribution < 1.29 is 4.79 Å². The molecule has 122 valence electrons. The number of carbonyl (C=O) groups is 1. The van der Waals surface area contributed by atoms with E-state index in [1.807, 2.05) is 17.9 Å². The zero-order valence-corrected chi connectivity index (χ0v) is 13.3. The summed E-state index contributed by atoms with van der Waals surface area (Å²) in [6, 6.07) is 3.76. The molecule has 0 bridgehead atoms. The number of hydrogen-bond acceptors (Lipinski definition) is 6. The molecule has 0 aromatic carbocycles. The van der Waals surface area contributed by atoms with Crippen molar-refractivity contribution in [2.45, 2.75) is 19.9 Å². The Bertz CT molecular complexity index is 904. The molecule has 0 atom stereocenters. The molecule has 1 aliphatic rings. The van der Waals surface area contributed by atoms with Gasteiger partial charge in [0.2, 0.25) is 0 Å². The Morgan fingerprint density at radius 1 is 1.38 bits per heavy atom. The number of nitrogens with zero attached hydrogens (tertiary/aromatic N) is 6. The Morgan fingerprint density at radius 3 is 3.17 bits per heavy atom. The summed E-state index contributed by atoms with van der Waals surface area (Å²) in [7, 11) is 0. The van der Waals surface area contributed by atoms with E-state index in [4.69, 9.17) is 0 Å². The van der Waals surface area contributed by atoms with Crippen LogP contribution in [0.15, 0.2) is 30.7 Å². The quantitative estimate of drug-likeness (QED) is 0.778. The van der Waals surface area contributed by atoms with Gasteiger partial charge in [0.25, 0.3) is 5.91 Å². The van der Waals surface area contributed by atoms with Gasteiger partial charge in [0.1, 0.15) is 11.4 Å². The van der Waals surface area contributed by atoms with Crippen LogP contribution in [0.3, 0.4) is 0 Å². The van der Waals surface area contributed by atoms with Crippen molar-refractivity contribution in [1.29, 1.82) is 0 Å². The van der Waals surface area contributed by atoms with Crippen molar-refractivity contribution in [3.05, 3.63) is 47.5 Å². The molecule has 8 nitrogen and oxygen atoms in total. The number of fused-ring (bicyclic) bond motifs is 2. The third-order valence-electron chi connectivity index (χ3n) is 4.09. The van der Waals surface area contributed by atoms with Gasteiger partial charge in [-0.3, -0.25) is 4.79 Å². The van der Waals surface area contributed by atoms with Gasteiger partial charge in [-0.1, -0.05) is 0 Å². The van der Waals surface area contributed by atoms with E-state index in [2.05, 4.69) is 25.6 Å². The molecule has 4 heterocycles. The van der Waals surface area contributed by atoms with Crippen molar-refractivity contribution in [2.75, 3.05) is 18.4 Å². The first kappa shape index (κ1) is 14.6. The van der Waals surface area contributed by atoms with Gasteiger partial charge in [-0.25, -0.2) is 9.50 Å². The highest BCUT2D eigenvalue weighted by Gasteiger charge is 2.25. The molecule has 0 spiro atoms. The summed E-state index contributed by atoms with van der Waals surface area (Å²) >= 11 is 0. The van der Waals surface area contributed by atoms with E-state index in [1.54, 1.807) is 29.2 Å². The highest BCUT2D eigenvalue weighted by atomic mass is 16.2. The molecule has 3 aromatic heterocycles. The Balaban J connectivity index is 1.61. The number of anilines is 1. The average Bonchev–Trinajstić information content (AvgIpc) is 3.05. The van der Waals surface area contributed by atoms with Crippen LogP contribution >= 0.6 is 0 Å². The molecule has 0 unspecified atom stereocenters. The van der Waals surface area contributed by atoms with Gasteiger partial charge in [0.15, 0.2) is 5.65 Å². The fraction of sp³-hybridized carbons (Fsp3) is 0.312. The molecule has 1 amide bonds. The predicted octanol–water partition coefficient (Wildman–Crippen LogP) is 1.15. The first-order valence-electron chi connectivity index (χ1n) is 7.93. The maximum absolute atomic E-state index is 12.9. The zero-order valence-electron chi connectivity index (χ0n) is 13.3. The minimum absolute atomic E-state index is 0.0591. The van der Waals surface area contributed by atoms with Crippen LogP contribution in [0.4, 0.5) is 5.82 Å². The molecule has 0 radical (unpaired) electrons. The lowest BCUT2D eigenvalue weighted by molar-refractivity contribution is 0.0735. The van der Waals surface area contributed by atoms with E-state index in [0.29, 0.717) is 30.7 Å². The van der Waals surface area contributed by atoms with Gasteiger partial charge in [0, 0.05) is 38.4 Å². The van der Waals surface area contributed by atoms with Crippen LogP contribution in [0.2, 0.25) is 0 Å². The molecule has 0 aliphatic carbocycles. The first-order chi connectivity index (χ1) is 11.8. The van der Waals surface area contributed by atoms with Crippen molar-refractivity contribution in [3.63, 3.8) is 0 Å². The first-order valence-corrected chi connectivity index (χ1v) is 7.93. The number of carbonyl (C=O) groups excluding carboxylic acids is 1. The summed E-state index contributed by atoms with van der Waals surface area (Å²) in [6.45, 7) is 3.93. The summed E-state index contributed by atoms with van der Waals surface area (Å²) in [6.07, 6.45) is 5.72. The van der Waals surface area contributed by atoms with Crippen molar-refractivity contribution in [1.82, 2.24) is 29.7 Å². The molecule has 4 rings (SSSR count). The molecule has 24 heavy (non-hydrogen) atoms. The van der Waals surface area contributed by atoms with E-state index >= 15 is 0 Å². The molecule has 1 N–H and O–H groups in total. The third-order valence-corrected chi connectivity index (χ3v) is 4.09. The predicted molar refractivity (Wildman–Crippen MR) is 87.6 cm³/mol. The molecule has 1 aliphatic heterocycles. The minimum atomic E-state index is -0.0591. The summed E-state index contributed by atoms with van der Waals surface area (Å²) in [4.78, 5) is 18.9. The van der Waals surface area contributed by atoms with Crippen LogP contribution < -0.4 is 5.32 Å². The van der Waals surface area contributed by atoms with Crippen LogP contribution in [0.25, 0.3) is 5.65 Å². The van der Waals surface area contributed by atoms with Crippen LogP contribution in [-0.4, -0.2) is 48.7 Å². The topological polar surface area (TPSA) is 88.3 Å². The Morgan fingerprint density at radius 2 is 2.29 bits per heavy atom. The van der Waals surface area contributed by atoms with Crippen molar-refractivity contribution in [2.24, 2.45) is 0 Å². The smallest absolute Gasteiger partial charge is 0.259 e. The minimum Gasteiger partial charge on any atom is -0.369 e. The molecular formula is C16H17N7O. The SMILES string of the molecule is CCNc1cc2c(nn1)CCN(C(=O)c1cnn3cccnc13)C2. The van der Waals surface area contributed by atoms with E-state index in [1.165, 1.54) is 0 Å². The second kappa shape index (κ2) is 5.88. The Kier molecular flexibility index (Phi) is 3.56. The normalized spacial score (nSPS) is 13.8. The second-order valence-electron chi connectivity index (χ2n) is 5.65.